The van der Waals surface area contributed by atoms with Gasteiger partial charge in [-0.1, -0.05) is 5.16 Å². The third kappa shape index (κ3) is 4.87. The van der Waals surface area contributed by atoms with E-state index in [0.717, 1.165) is 5.57 Å². The maximum Gasteiger partial charge on any atom is 0.0874 e. The van der Waals surface area contributed by atoms with Gasteiger partial charge in [0, 0.05) is 5.57 Å². The summed E-state index contributed by atoms with van der Waals surface area (Å²) in [6, 6.07) is 0. The molecule has 9 heavy (non-hydrogen) atoms. The van der Waals surface area contributed by atoms with Crippen molar-refractivity contribution in [3.63, 3.8) is 0 Å². The van der Waals surface area contributed by atoms with Crippen LogP contribution in [0.5, 0.6) is 0 Å². The van der Waals surface area contributed by atoms with E-state index in [9.17, 15) is 0 Å². The molecule has 0 rings (SSSR count). The van der Waals surface area contributed by atoms with Gasteiger partial charge in [0.15, 0.2) is 0 Å². The molecule has 0 aromatic rings. The lowest BCUT2D eigenvalue weighted by atomic mass is 10.4. The summed E-state index contributed by atoms with van der Waals surface area (Å²) < 4.78 is 4.88. The molecule has 0 bridgehead atoms. The number of hydrogen-bond acceptors (Lipinski definition) is 3. The van der Waals surface area contributed by atoms with E-state index in [1.807, 2.05) is 6.92 Å². The summed E-state index contributed by atoms with van der Waals surface area (Å²) in [6.45, 7) is 4.31. The molecular weight excluding hydrogens is 118 g/mol. The van der Waals surface area contributed by atoms with Gasteiger partial charge in [-0.3, -0.25) is 0 Å². The normalized spacial score (nSPS) is 12.4. The number of nitrogens with zero attached hydrogens (tertiary/aromatic N) is 1. The molecule has 1 N–H and O–H groups in total. The van der Waals surface area contributed by atoms with Crippen LogP contribution in [-0.2, 0) is 4.74 Å². The first-order valence-electron chi connectivity index (χ1n) is 2.77. The average Bonchev–Trinajstić information content (AvgIpc) is 1.85. The molecule has 0 atom stereocenters. The van der Waals surface area contributed by atoms with E-state index in [1.165, 1.54) is 6.21 Å². The number of ether oxygens (including phenoxy) is 1. The van der Waals surface area contributed by atoms with Gasteiger partial charge in [-0.05, 0) is 13.8 Å². The van der Waals surface area contributed by atoms with Crippen molar-refractivity contribution in [3.05, 3.63) is 11.8 Å². The second kappa shape index (κ2) is 5.15. The first-order chi connectivity index (χ1) is 4.31. The minimum Gasteiger partial charge on any atom is -0.501 e. The highest BCUT2D eigenvalue weighted by Crippen LogP contribution is 1.87. The van der Waals surface area contributed by atoms with E-state index < -0.39 is 0 Å². The molecule has 0 aliphatic heterocycles. The molecule has 3 nitrogen and oxygen atoms in total. The maximum atomic E-state index is 8.01. The zero-order chi connectivity index (χ0) is 7.11. The summed E-state index contributed by atoms with van der Waals surface area (Å²) >= 11 is 0. The van der Waals surface area contributed by atoms with Gasteiger partial charge in [-0.15, -0.1) is 0 Å². The summed E-state index contributed by atoms with van der Waals surface area (Å²) in [5.41, 5.74) is 0.791. The van der Waals surface area contributed by atoms with Crippen LogP contribution in [0.3, 0.4) is 0 Å². The standard InChI is InChI=1S/C6H11NO2/c1-3-9-5-6(2)4-7-8/h4-5,8H,3H2,1-2H3. The van der Waals surface area contributed by atoms with E-state index in [0.29, 0.717) is 6.61 Å². The SMILES string of the molecule is CCOC=C(C)C=NO. The molecule has 0 heterocycles. The molecule has 52 valence electrons. The summed E-state index contributed by atoms with van der Waals surface area (Å²) in [7, 11) is 0. The van der Waals surface area contributed by atoms with Gasteiger partial charge in [0.1, 0.15) is 0 Å². The Kier molecular flexibility index (Phi) is 4.59. The van der Waals surface area contributed by atoms with Crippen molar-refractivity contribution in [1.82, 2.24) is 0 Å². The van der Waals surface area contributed by atoms with Crippen LogP contribution in [-0.4, -0.2) is 18.0 Å². The molecular formula is C6H11NO2. The quantitative estimate of drug-likeness (QED) is 0.271. The van der Waals surface area contributed by atoms with E-state index in [2.05, 4.69) is 5.16 Å². The van der Waals surface area contributed by atoms with E-state index in [-0.39, 0.29) is 0 Å². The predicted molar refractivity (Wildman–Crippen MR) is 35.7 cm³/mol. The van der Waals surface area contributed by atoms with Gasteiger partial charge >= 0.3 is 0 Å². The first-order valence-corrected chi connectivity index (χ1v) is 2.77. The Morgan fingerprint density at radius 1 is 1.78 bits per heavy atom. The van der Waals surface area contributed by atoms with Crippen molar-refractivity contribution in [2.45, 2.75) is 13.8 Å². The molecule has 0 aromatic carbocycles. The minimum atomic E-state index is 0.636. The smallest absolute Gasteiger partial charge is 0.0874 e. The van der Waals surface area contributed by atoms with Gasteiger partial charge < -0.3 is 9.94 Å². The van der Waals surface area contributed by atoms with Crippen LogP contribution in [0.25, 0.3) is 0 Å². The lowest BCUT2D eigenvalue weighted by molar-refractivity contribution is 0.267. The molecule has 0 amide bonds. The third-order valence-electron chi connectivity index (χ3n) is 0.697. The summed E-state index contributed by atoms with van der Waals surface area (Å²) in [5, 5.41) is 10.8. The molecule has 0 aliphatic carbocycles. The summed E-state index contributed by atoms with van der Waals surface area (Å²) in [4.78, 5) is 0. The van der Waals surface area contributed by atoms with Crippen LogP contribution in [0.2, 0.25) is 0 Å². The number of hydrogen-bond donors (Lipinski definition) is 1. The van der Waals surface area contributed by atoms with Gasteiger partial charge in [0.05, 0.1) is 19.1 Å². The van der Waals surface area contributed by atoms with Gasteiger partial charge in [-0.2, -0.15) is 0 Å². The van der Waals surface area contributed by atoms with Crippen LogP contribution in [0.15, 0.2) is 17.0 Å². The zero-order valence-electron chi connectivity index (χ0n) is 5.66. The molecule has 3 heteroatoms. The van der Waals surface area contributed by atoms with Gasteiger partial charge in [-0.25, -0.2) is 0 Å². The predicted octanol–water partition coefficient (Wildman–Crippen LogP) is 1.39. The summed E-state index contributed by atoms with van der Waals surface area (Å²) in [5.74, 6) is 0. The second-order valence-corrected chi connectivity index (χ2v) is 1.56. The Bertz CT molecular complexity index is 118. The Labute approximate surface area is 54.6 Å². The zero-order valence-corrected chi connectivity index (χ0v) is 5.66. The molecule has 0 aromatic heterocycles. The summed E-state index contributed by atoms with van der Waals surface area (Å²) in [6.07, 6.45) is 2.86. The van der Waals surface area contributed by atoms with Crippen LogP contribution in [0.4, 0.5) is 0 Å². The highest BCUT2D eigenvalue weighted by Gasteiger charge is 1.79. The molecule has 0 radical (unpaired) electrons. The Morgan fingerprint density at radius 3 is 2.89 bits per heavy atom. The molecule has 0 saturated carbocycles. The van der Waals surface area contributed by atoms with Crippen LogP contribution in [0, 0.1) is 0 Å². The average molecular weight is 129 g/mol. The largest absolute Gasteiger partial charge is 0.501 e. The van der Waals surface area contributed by atoms with Crippen LogP contribution >= 0.6 is 0 Å². The molecule has 0 fully saturated rings. The van der Waals surface area contributed by atoms with Crippen LogP contribution in [0.1, 0.15) is 13.8 Å². The lowest BCUT2D eigenvalue weighted by Crippen LogP contribution is -1.82. The van der Waals surface area contributed by atoms with Gasteiger partial charge in [0.25, 0.3) is 0 Å². The Hall–Kier alpha value is -0.990. The third-order valence-corrected chi connectivity index (χ3v) is 0.697. The highest BCUT2D eigenvalue weighted by molar-refractivity contribution is 5.76. The monoisotopic (exact) mass is 129 g/mol. The maximum absolute atomic E-state index is 8.01. The number of allylic oxidation sites excluding steroid dienone is 1. The van der Waals surface area contributed by atoms with Crippen molar-refractivity contribution in [2.24, 2.45) is 5.16 Å². The number of rotatable bonds is 3. The van der Waals surface area contributed by atoms with E-state index in [1.54, 1.807) is 13.2 Å². The van der Waals surface area contributed by atoms with Crippen molar-refractivity contribution in [1.29, 1.82) is 0 Å². The Morgan fingerprint density at radius 2 is 2.44 bits per heavy atom. The van der Waals surface area contributed by atoms with Crippen molar-refractivity contribution in [3.8, 4) is 0 Å². The minimum absolute atomic E-state index is 0.636. The number of oxime groups is 1. The molecule has 0 saturated heterocycles. The van der Waals surface area contributed by atoms with Crippen molar-refractivity contribution < 1.29 is 9.94 Å². The van der Waals surface area contributed by atoms with E-state index >= 15 is 0 Å². The van der Waals surface area contributed by atoms with Crippen molar-refractivity contribution in [2.75, 3.05) is 6.61 Å². The fraction of sp³-hybridized carbons (Fsp3) is 0.500. The fourth-order valence-electron chi connectivity index (χ4n) is 0.336. The topological polar surface area (TPSA) is 41.8 Å². The Balaban J connectivity index is 3.55. The molecule has 0 spiro atoms. The van der Waals surface area contributed by atoms with Crippen LogP contribution < -0.4 is 0 Å². The fourth-order valence-corrected chi connectivity index (χ4v) is 0.336. The van der Waals surface area contributed by atoms with Crippen molar-refractivity contribution >= 4 is 6.21 Å². The lowest BCUT2D eigenvalue weighted by Gasteiger charge is -1.92. The van der Waals surface area contributed by atoms with E-state index in [4.69, 9.17) is 9.94 Å². The highest BCUT2D eigenvalue weighted by atomic mass is 16.5. The second-order valence-electron chi connectivity index (χ2n) is 1.56. The van der Waals surface area contributed by atoms with Gasteiger partial charge in [0.2, 0.25) is 0 Å². The molecule has 0 aliphatic rings. The molecule has 0 unspecified atom stereocenters. The first kappa shape index (κ1) is 8.01.